The van der Waals surface area contributed by atoms with E-state index in [1.165, 1.54) is 26.4 Å². The molecule has 0 bridgehead atoms. The lowest BCUT2D eigenvalue weighted by atomic mass is 10.0. The predicted molar refractivity (Wildman–Crippen MR) is 122 cm³/mol. The number of carbonyl (C=O) groups is 1. The van der Waals surface area contributed by atoms with Crippen molar-refractivity contribution in [2.75, 3.05) is 20.8 Å². The molecule has 0 amide bonds. The van der Waals surface area contributed by atoms with Crippen LogP contribution in [0, 0.1) is 6.92 Å². The summed E-state index contributed by atoms with van der Waals surface area (Å²) < 4.78 is 66.7. The Bertz CT molecular complexity index is 1170. The van der Waals surface area contributed by atoms with Gasteiger partial charge < -0.3 is 14.2 Å². The van der Waals surface area contributed by atoms with E-state index in [0.717, 1.165) is 23.3 Å². The van der Waals surface area contributed by atoms with Crippen molar-refractivity contribution in [3.05, 3.63) is 77.4 Å². The van der Waals surface area contributed by atoms with Crippen LogP contribution in [0.1, 0.15) is 16.7 Å². The van der Waals surface area contributed by atoms with Gasteiger partial charge >= 0.3 is 12.1 Å². The molecule has 0 aromatic heterocycles. The van der Waals surface area contributed by atoms with Crippen molar-refractivity contribution < 1.29 is 36.4 Å². The molecule has 0 saturated carbocycles. The van der Waals surface area contributed by atoms with Crippen LogP contribution < -0.4 is 9.47 Å². The second-order valence-electron chi connectivity index (χ2n) is 7.40. The fourth-order valence-corrected chi connectivity index (χ4v) is 4.53. The molecule has 3 aromatic rings. The molecule has 34 heavy (non-hydrogen) atoms. The summed E-state index contributed by atoms with van der Waals surface area (Å²) in [6, 6.07) is 15.4. The SMILES string of the molecule is COC(=O)COc1cc(OC)c(S(=O)Cc2ccc(-c3ccc(C(F)(F)F)cc3)cc2)cc1C. The number of rotatable bonds is 8. The Morgan fingerprint density at radius 1 is 0.912 bits per heavy atom. The van der Waals surface area contributed by atoms with Crippen LogP contribution in [0.25, 0.3) is 11.1 Å². The van der Waals surface area contributed by atoms with Gasteiger partial charge in [-0.25, -0.2) is 4.79 Å². The molecule has 0 fully saturated rings. The van der Waals surface area contributed by atoms with Crippen molar-refractivity contribution in [2.45, 2.75) is 23.7 Å². The van der Waals surface area contributed by atoms with Crippen LogP contribution in [0.4, 0.5) is 13.2 Å². The number of hydrogen-bond donors (Lipinski definition) is 0. The first kappa shape index (κ1) is 25.3. The van der Waals surface area contributed by atoms with E-state index in [9.17, 15) is 22.2 Å². The smallest absolute Gasteiger partial charge is 0.416 e. The first-order chi connectivity index (χ1) is 16.1. The Kier molecular flexibility index (Phi) is 7.98. The van der Waals surface area contributed by atoms with Gasteiger partial charge in [0.2, 0.25) is 0 Å². The van der Waals surface area contributed by atoms with Crippen LogP contribution in [0.2, 0.25) is 0 Å². The van der Waals surface area contributed by atoms with E-state index in [-0.39, 0.29) is 12.4 Å². The van der Waals surface area contributed by atoms with Crippen LogP contribution in [0.3, 0.4) is 0 Å². The normalized spacial score (nSPS) is 12.2. The maximum Gasteiger partial charge on any atom is 0.416 e. The minimum Gasteiger partial charge on any atom is -0.495 e. The molecule has 5 nitrogen and oxygen atoms in total. The van der Waals surface area contributed by atoms with Gasteiger partial charge in [-0.15, -0.1) is 0 Å². The summed E-state index contributed by atoms with van der Waals surface area (Å²) in [6.07, 6.45) is -4.38. The van der Waals surface area contributed by atoms with Gasteiger partial charge in [0.05, 0.1) is 41.2 Å². The van der Waals surface area contributed by atoms with Crippen LogP contribution in [-0.2, 0) is 32.3 Å². The molecule has 0 N–H and O–H groups in total. The summed E-state index contributed by atoms with van der Waals surface area (Å²) in [7, 11) is 1.28. The van der Waals surface area contributed by atoms with Crippen LogP contribution in [0.5, 0.6) is 11.5 Å². The number of ether oxygens (including phenoxy) is 3. The number of hydrogen-bond acceptors (Lipinski definition) is 5. The molecular weight excluding hydrogens is 469 g/mol. The van der Waals surface area contributed by atoms with Gasteiger partial charge in [-0.2, -0.15) is 13.2 Å². The van der Waals surface area contributed by atoms with Crippen molar-refractivity contribution >= 4 is 16.8 Å². The second-order valence-corrected chi connectivity index (χ2v) is 8.81. The summed E-state index contributed by atoms with van der Waals surface area (Å²) in [6.45, 7) is 1.51. The van der Waals surface area contributed by atoms with E-state index in [0.29, 0.717) is 27.5 Å². The van der Waals surface area contributed by atoms with E-state index >= 15 is 0 Å². The molecule has 0 aliphatic rings. The number of benzene rings is 3. The molecule has 3 aromatic carbocycles. The molecule has 0 aliphatic heterocycles. The first-order valence-corrected chi connectivity index (χ1v) is 11.5. The standard InChI is InChI=1S/C25H23F3O5S/c1-16-12-23(22(31-2)13-21(16)33-14-24(29)32-3)34(30)15-17-4-6-18(7-5-17)19-8-10-20(11-9-19)25(26,27)28/h4-13H,14-15H2,1-3H3. The predicted octanol–water partition coefficient (Wildman–Crippen LogP) is 5.55. The maximum atomic E-state index is 13.1. The minimum absolute atomic E-state index is 0.214. The van der Waals surface area contributed by atoms with Gasteiger partial charge in [-0.1, -0.05) is 36.4 Å². The first-order valence-electron chi connectivity index (χ1n) is 10.2. The maximum absolute atomic E-state index is 13.1. The average Bonchev–Trinajstić information content (AvgIpc) is 2.82. The number of methoxy groups -OCH3 is 2. The number of alkyl halides is 3. The van der Waals surface area contributed by atoms with E-state index in [1.54, 1.807) is 43.3 Å². The highest BCUT2D eigenvalue weighted by Gasteiger charge is 2.30. The lowest BCUT2D eigenvalue weighted by Gasteiger charge is -2.14. The molecule has 9 heteroatoms. The van der Waals surface area contributed by atoms with E-state index in [1.807, 2.05) is 0 Å². The third-order valence-electron chi connectivity index (χ3n) is 5.08. The molecule has 1 atom stereocenters. The van der Waals surface area contributed by atoms with Crippen LogP contribution in [0.15, 0.2) is 65.6 Å². The molecule has 0 radical (unpaired) electrons. The second kappa shape index (κ2) is 10.7. The Morgan fingerprint density at radius 2 is 1.50 bits per heavy atom. The summed E-state index contributed by atoms with van der Waals surface area (Å²) in [5, 5.41) is 0. The van der Waals surface area contributed by atoms with E-state index in [4.69, 9.17) is 9.47 Å². The van der Waals surface area contributed by atoms with Crippen molar-refractivity contribution in [2.24, 2.45) is 0 Å². The molecule has 0 heterocycles. The molecule has 3 rings (SSSR count). The molecular formula is C25H23F3O5S. The largest absolute Gasteiger partial charge is 0.495 e. The van der Waals surface area contributed by atoms with Crippen molar-refractivity contribution in [1.29, 1.82) is 0 Å². The highest BCUT2D eigenvalue weighted by Crippen LogP contribution is 2.33. The topological polar surface area (TPSA) is 61.8 Å². The number of carbonyl (C=O) groups excluding carboxylic acids is 1. The van der Waals surface area contributed by atoms with Gasteiger partial charge in [-0.3, -0.25) is 4.21 Å². The van der Waals surface area contributed by atoms with Crippen molar-refractivity contribution in [3.8, 4) is 22.6 Å². The number of halogens is 3. The molecule has 180 valence electrons. The lowest BCUT2D eigenvalue weighted by molar-refractivity contribution is -0.143. The average molecular weight is 493 g/mol. The highest BCUT2D eigenvalue weighted by molar-refractivity contribution is 7.84. The van der Waals surface area contributed by atoms with Gasteiger partial charge in [-0.05, 0) is 47.4 Å². The zero-order valence-electron chi connectivity index (χ0n) is 18.8. The zero-order chi connectivity index (χ0) is 24.9. The Hall–Kier alpha value is -3.33. The van der Waals surface area contributed by atoms with Crippen molar-refractivity contribution in [1.82, 2.24) is 0 Å². The summed E-state index contributed by atoms with van der Waals surface area (Å²) in [4.78, 5) is 11.8. The third-order valence-corrected chi connectivity index (χ3v) is 6.48. The van der Waals surface area contributed by atoms with Crippen LogP contribution >= 0.6 is 0 Å². The molecule has 1 unspecified atom stereocenters. The van der Waals surface area contributed by atoms with Gasteiger partial charge in [0.1, 0.15) is 11.5 Å². The molecule has 0 spiro atoms. The molecule has 0 saturated heterocycles. The fraction of sp³-hybridized carbons (Fsp3) is 0.240. The summed E-state index contributed by atoms with van der Waals surface area (Å²) in [5.74, 6) is 0.477. The molecule has 0 aliphatic carbocycles. The quantitative estimate of drug-likeness (QED) is 0.386. The van der Waals surface area contributed by atoms with E-state index < -0.39 is 28.5 Å². The Morgan fingerprint density at radius 3 is 2.03 bits per heavy atom. The van der Waals surface area contributed by atoms with Gasteiger partial charge in [0.15, 0.2) is 6.61 Å². The summed E-state index contributed by atoms with van der Waals surface area (Å²) >= 11 is 0. The highest BCUT2D eigenvalue weighted by atomic mass is 32.2. The van der Waals surface area contributed by atoms with E-state index in [2.05, 4.69) is 4.74 Å². The third kappa shape index (κ3) is 6.17. The fourth-order valence-electron chi connectivity index (χ4n) is 3.21. The van der Waals surface area contributed by atoms with Crippen LogP contribution in [-0.4, -0.2) is 31.0 Å². The summed E-state index contributed by atoms with van der Waals surface area (Å²) in [5.41, 5.74) is 2.18. The Labute approximate surface area is 197 Å². The number of esters is 1. The number of aryl methyl sites for hydroxylation is 1. The van der Waals surface area contributed by atoms with Gasteiger partial charge in [0.25, 0.3) is 0 Å². The monoisotopic (exact) mass is 492 g/mol. The van der Waals surface area contributed by atoms with Crippen molar-refractivity contribution in [3.63, 3.8) is 0 Å². The lowest BCUT2D eigenvalue weighted by Crippen LogP contribution is -2.13. The minimum atomic E-state index is -4.38. The zero-order valence-corrected chi connectivity index (χ0v) is 19.6. The Balaban J connectivity index is 1.74. The van der Waals surface area contributed by atoms with Gasteiger partial charge in [0, 0.05) is 6.07 Å².